The van der Waals surface area contributed by atoms with Crippen molar-refractivity contribution in [3.8, 4) is 11.3 Å². The molecule has 0 aliphatic carbocycles. The molecule has 4 heterocycles. The normalized spacial score (nSPS) is 18.7. The molecule has 0 bridgehead atoms. The molecule has 4 aromatic rings. The Labute approximate surface area is 254 Å². The number of thiazole rings is 2. The number of allylic oxidation sites excluding steroid dienone is 2. The summed E-state index contributed by atoms with van der Waals surface area (Å²) in [5.41, 5.74) is 3.43. The van der Waals surface area contributed by atoms with Crippen molar-refractivity contribution in [1.29, 1.82) is 0 Å². The second-order valence-corrected chi connectivity index (χ2v) is 12.5. The third-order valence-corrected chi connectivity index (χ3v) is 10.3. The lowest BCUT2D eigenvalue weighted by molar-refractivity contribution is -0.642. The highest BCUT2D eigenvalue weighted by Crippen LogP contribution is 2.37. The summed E-state index contributed by atoms with van der Waals surface area (Å²) in [5.74, 6) is -0.204. The Morgan fingerprint density at radius 1 is 1.02 bits per heavy atom. The van der Waals surface area contributed by atoms with Crippen molar-refractivity contribution in [3.05, 3.63) is 109 Å². The average Bonchev–Trinajstić information content (AvgIpc) is 3.62. The van der Waals surface area contributed by atoms with Gasteiger partial charge in [-0.15, -0.1) is 11.3 Å². The summed E-state index contributed by atoms with van der Waals surface area (Å²) in [6.07, 6.45) is 7.66. The van der Waals surface area contributed by atoms with Crippen molar-refractivity contribution < 1.29 is 9.36 Å². The number of aromatic nitrogens is 2. The highest BCUT2D eigenvalue weighted by Gasteiger charge is 2.40. The van der Waals surface area contributed by atoms with E-state index in [0.717, 1.165) is 22.1 Å². The molecule has 0 saturated carbocycles. The van der Waals surface area contributed by atoms with E-state index in [-0.39, 0.29) is 11.5 Å². The highest BCUT2D eigenvalue weighted by atomic mass is 35.5. The molecule has 2 aliphatic rings. The number of hydrogen-bond acceptors (Lipinski definition) is 7. The topological polar surface area (TPSA) is 61.8 Å². The van der Waals surface area contributed by atoms with Gasteiger partial charge in [0.25, 0.3) is 16.6 Å². The van der Waals surface area contributed by atoms with Crippen molar-refractivity contribution in [2.75, 3.05) is 11.9 Å². The molecule has 0 unspecified atom stereocenters. The lowest BCUT2D eigenvalue weighted by Crippen LogP contribution is -2.35. The first-order valence-corrected chi connectivity index (χ1v) is 15.7. The maximum Gasteiger partial charge on any atom is 0.385 e. The van der Waals surface area contributed by atoms with Gasteiger partial charge in [0.05, 0.1) is 18.4 Å². The second-order valence-electron chi connectivity index (χ2n) is 9.25. The molecule has 2 aromatic heterocycles. The molecule has 41 heavy (non-hydrogen) atoms. The summed E-state index contributed by atoms with van der Waals surface area (Å²) in [5, 5.41) is 4.00. The second kappa shape index (κ2) is 11.3. The van der Waals surface area contributed by atoms with Gasteiger partial charge >= 0.3 is 5.13 Å². The number of para-hydroxylation sites is 1. The van der Waals surface area contributed by atoms with Gasteiger partial charge in [-0.3, -0.25) is 14.2 Å². The summed E-state index contributed by atoms with van der Waals surface area (Å²) >= 11 is 10.2. The summed E-state index contributed by atoms with van der Waals surface area (Å²) in [6, 6.07) is 17.2. The molecule has 0 radical (unpaired) electrons. The van der Waals surface area contributed by atoms with Gasteiger partial charge in [-0.1, -0.05) is 47.2 Å². The van der Waals surface area contributed by atoms with Crippen LogP contribution in [0.3, 0.4) is 0 Å². The lowest BCUT2D eigenvalue weighted by Gasteiger charge is -2.16. The zero-order valence-electron chi connectivity index (χ0n) is 22.4. The molecule has 7 nitrogen and oxygen atoms in total. The number of benzene rings is 2. The molecule has 2 aromatic carbocycles. The Balaban J connectivity index is 1.53. The van der Waals surface area contributed by atoms with E-state index in [0.29, 0.717) is 36.5 Å². The van der Waals surface area contributed by atoms with E-state index in [1.54, 1.807) is 9.47 Å². The standard InChI is InChI=1S/C30H25ClN5O2S3/c1-4-35-26(37)24(22-12-8-9-17-33(22)2)40-28(35)25-27(38)36(21-10-6-5-7-11-21)30(41-25)32-29-34(3)23(18-39-29)19-13-15-20(31)16-14-19/h5-18H,4H2,1-3H3/q+1. The zero-order valence-corrected chi connectivity index (χ0v) is 25.7. The minimum Gasteiger partial charge on any atom is -0.350 e. The van der Waals surface area contributed by atoms with Gasteiger partial charge < -0.3 is 4.90 Å². The van der Waals surface area contributed by atoms with Gasteiger partial charge in [0.1, 0.15) is 19.8 Å². The zero-order chi connectivity index (χ0) is 28.7. The van der Waals surface area contributed by atoms with Crippen molar-refractivity contribution in [1.82, 2.24) is 9.47 Å². The lowest BCUT2D eigenvalue weighted by atomic mass is 10.2. The molecule has 2 aliphatic heterocycles. The number of carbonyl (C=O) groups is 1. The van der Waals surface area contributed by atoms with Crippen LogP contribution in [0.2, 0.25) is 5.02 Å². The predicted molar refractivity (Wildman–Crippen MR) is 171 cm³/mol. The van der Waals surface area contributed by atoms with Crippen LogP contribution in [-0.4, -0.2) is 27.6 Å². The quantitative estimate of drug-likeness (QED) is 0.307. The van der Waals surface area contributed by atoms with Crippen LogP contribution in [0.15, 0.2) is 94.2 Å². The molecule has 1 amide bonds. The predicted octanol–water partition coefficient (Wildman–Crippen LogP) is 4.84. The van der Waals surface area contributed by atoms with Gasteiger partial charge in [-0.2, -0.15) is 0 Å². The first-order chi connectivity index (χ1) is 19.9. The van der Waals surface area contributed by atoms with Crippen LogP contribution < -0.4 is 24.2 Å². The Kier molecular flexibility index (Phi) is 7.56. The molecule has 0 N–H and O–H groups in total. The van der Waals surface area contributed by atoms with Gasteiger partial charge in [0, 0.05) is 35.8 Å². The van der Waals surface area contributed by atoms with E-state index in [4.69, 9.17) is 16.6 Å². The van der Waals surface area contributed by atoms with E-state index in [1.165, 1.54) is 34.4 Å². The molecule has 0 spiro atoms. The number of amides is 1. The summed E-state index contributed by atoms with van der Waals surface area (Å²) in [4.78, 5) is 36.7. The first kappa shape index (κ1) is 27.5. The van der Waals surface area contributed by atoms with Crippen LogP contribution in [0.5, 0.6) is 0 Å². The summed E-state index contributed by atoms with van der Waals surface area (Å²) < 4.78 is 4.92. The van der Waals surface area contributed by atoms with Crippen molar-refractivity contribution in [2.45, 2.75) is 13.5 Å². The fourth-order valence-corrected chi connectivity index (χ4v) is 8.13. The van der Waals surface area contributed by atoms with Gasteiger partial charge in [0.2, 0.25) is 0 Å². The molecule has 0 atom stereocenters. The number of thioether (sulfide) groups is 1. The average molecular weight is 619 g/mol. The minimum atomic E-state index is -0.204. The maximum atomic E-state index is 14.1. The number of rotatable bonds is 4. The molecular weight excluding hydrogens is 594 g/mol. The number of halogens is 1. The number of carbonyl (C=O) groups excluding carboxylic acids is 1. The van der Waals surface area contributed by atoms with Crippen LogP contribution >= 0.6 is 46.0 Å². The Morgan fingerprint density at radius 3 is 2.49 bits per heavy atom. The number of hydrogen-bond donors (Lipinski definition) is 0. The molecular formula is C30H25ClN5O2S3+. The number of likely N-dealkylation sites (N-methyl/N-ethyl adjacent to an activating group) is 1. The molecule has 206 valence electrons. The summed E-state index contributed by atoms with van der Waals surface area (Å²) in [6.45, 7) is 2.37. The Bertz CT molecular complexity index is 1940. The summed E-state index contributed by atoms with van der Waals surface area (Å²) in [7, 11) is 3.87. The van der Waals surface area contributed by atoms with E-state index >= 15 is 0 Å². The highest BCUT2D eigenvalue weighted by molar-refractivity contribution is 8.23. The van der Waals surface area contributed by atoms with E-state index in [9.17, 15) is 9.59 Å². The van der Waals surface area contributed by atoms with Gasteiger partial charge in [0.15, 0.2) is 0 Å². The van der Waals surface area contributed by atoms with E-state index in [1.807, 2.05) is 115 Å². The van der Waals surface area contributed by atoms with Crippen LogP contribution in [0.4, 0.5) is 10.8 Å². The Hall–Kier alpha value is -3.70. The monoisotopic (exact) mass is 618 g/mol. The number of amidine groups is 1. The van der Waals surface area contributed by atoms with Gasteiger partial charge in [-0.05, 0) is 72.2 Å². The Morgan fingerprint density at radius 2 is 1.78 bits per heavy atom. The third-order valence-electron chi connectivity index (χ3n) is 6.73. The van der Waals surface area contributed by atoms with Crippen LogP contribution in [0.1, 0.15) is 6.92 Å². The van der Waals surface area contributed by atoms with Crippen molar-refractivity contribution >= 4 is 78.5 Å². The van der Waals surface area contributed by atoms with Crippen LogP contribution in [-0.2, 0) is 18.4 Å². The third kappa shape index (κ3) is 5.01. The SMILES string of the molecule is CCn1c(=C2SC(=Nc3scc(-c4ccc(Cl)cc4)[n+]3C)N(c3ccccc3)C2=O)sc(=C2C=CC=CN2C)c1=O. The van der Waals surface area contributed by atoms with Crippen LogP contribution in [0.25, 0.3) is 21.9 Å². The maximum absolute atomic E-state index is 14.1. The minimum absolute atomic E-state index is 0.107. The first-order valence-electron chi connectivity index (χ1n) is 12.8. The van der Waals surface area contributed by atoms with Gasteiger partial charge in [-0.25, -0.2) is 9.47 Å². The van der Waals surface area contributed by atoms with E-state index in [2.05, 4.69) is 0 Å². The molecule has 11 heteroatoms. The molecule has 1 fully saturated rings. The largest absolute Gasteiger partial charge is 0.385 e. The van der Waals surface area contributed by atoms with Crippen molar-refractivity contribution in [3.63, 3.8) is 0 Å². The number of anilines is 1. The smallest absolute Gasteiger partial charge is 0.350 e. The van der Waals surface area contributed by atoms with Crippen molar-refractivity contribution in [2.24, 2.45) is 12.0 Å². The number of aliphatic imine (C=N–C) groups is 1. The fraction of sp³-hybridized carbons (Fsp3) is 0.133. The fourth-order valence-electron chi connectivity index (χ4n) is 4.60. The molecule has 6 rings (SSSR count). The van der Waals surface area contributed by atoms with Crippen LogP contribution in [0, 0.1) is 0 Å². The van der Waals surface area contributed by atoms with E-state index < -0.39 is 0 Å². The molecule has 1 saturated heterocycles. The number of nitrogens with zero attached hydrogens (tertiary/aromatic N) is 5.